The number of nitrogens with zero attached hydrogens (tertiary/aromatic N) is 1. The maximum absolute atomic E-state index is 9.90. The first-order valence-corrected chi connectivity index (χ1v) is 5.82. The van der Waals surface area contributed by atoms with Gasteiger partial charge in [0.2, 0.25) is 0 Å². The van der Waals surface area contributed by atoms with E-state index in [0.717, 1.165) is 28.4 Å². The van der Waals surface area contributed by atoms with Crippen LogP contribution >= 0.6 is 11.6 Å². The van der Waals surface area contributed by atoms with Crippen LogP contribution in [0, 0.1) is 6.92 Å². The van der Waals surface area contributed by atoms with Crippen molar-refractivity contribution in [2.24, 2.45) is 5.73 Å². The molecule has 0 bridgehead atoms. The highest BCUT2D eigenvalue weighted by atomic mass is 35.5. The van der Waals surface area contributed by atoms with Crippen molar-refractivity contribution in [2.45, 2.75) is 18.9 Å². The third kappa shape index (κ3) is 1.69. The van der Waals surface area contributed by atoms with Crippen molar-refractivity contribution >= 4 is 17.3 Å². The molecule has 2 unspecified atom stereocenters. The number of halogens is 1. The molecule has 0 saturated heterocycles. The summed E-state index contributed by atoms with van der Waals surface area (Å²) in [6.07, 6.45) is -0.482. The molecular weight excluding hydrogens is 224 g/mol. The summed E-state index contributed by atoms with van der Waals surface area (Å²) in [5.41, 5.74) is 8.90. The Labute approximate surface area is 101 Å². The normalized spacial score (nSPS) is 21.1. The van der Waals surface area contributed by atoms with E-state index >= 15 is 0 Å². The van der Waals surface area contributed by atoms with Crippen molar-refractivity contribution in [2.75, 3.05) is 25.0 Å². The number of aliphatic hydroxyl groups is 1. The molecule has 1 aromatic rings. The molecule has 0 fully saturated rings. The lowest BCUT2D eigenvalue weighted by Crippen LogP contribution is -2.30. The van der Waals surface area contributed by atoms with Crippen LogP contribution in [0.3, 0.4) is 0 Å². The van der Waals surface area contributed by atoms with Crippen molar-refractivity contribution in [3.8, 4) is 0 Å². The maximum Gasteiger partial charge on any atom is 0.0748 e. The standard InChI is InChI=1S/C12H17ClN2O/c1-7-10(13)4-3-8-9(11(16)5-14)6-15(2)12(7)8/h3-4,9,11,16H,5-6,14H2,1-2H3. The van der Waals surface area contributed by atoms with Crippen LogP contribution in [0.25, 0.3) is 0 Å². The molecule has 4 heteroatoms. The van der Waals surface area contributed by atoms with Gasteiger partial charge in [0.05, 0.1) is 6.10 Å². The second kappa shape index (κ2) is 4.24. The Morgan fingerprint density at radius 3 is 2.94 bits per heavy atom. The number of rotatable bonds is 2. The Hall–Kier alpha value is -0.770. The summed E-state index contributed by atoms with van der Waals surface area (Å²) >= 11 is 6.10. The number of aliphatic hydroxyl groups excluding tert-OH is 1. The largest absolute Gasteiger partial charge is 0.391 e. The predicted molar refractivity (Wildman–Crippen MR) is 67.3 cm³/mol. The molecule has 2 atom stereocenters. The molecule has 16 heavy (non-hydrogen) atoms. The minimum atomic E-state index is -0.482. The second-order valence-electron chi connectivity index (χ2n) is 4.40. The average Bonchev–Trinajstić information content (AvgIpc) is 2.61. The van der Waals surface area contributed by atoms with Crippen LogP contribution in [0.15, 0.2) is 12.1 Å². The van der Waals surface area contributed by atoms with E-state index in [1.54, 1.807) is 0 Å². The first-order chi connectivity index (χ1) is 7.56. The van der Waals surface area contributed by atoms with Gasteiger partial charge >= 0.3 is 0 Å². The van der Waals surface area contributed by atoms with Crippen LogP contribution in [-0.4, -0.2) is 31.3 Å². The molecule has 0 saturated carbocycles. The van der Waals surface area contributed by atoms with E-state index in [2.05, 4.69) is 4.90 Å². The lowest BCUT2D eigenvalue weighted by atomic mass is 9.94. The highest BCUT2D eigenvalue weighted by Crippen LogP contribution is 2.41. The number of nitrogens with two attached hydrogens (primary N) is 1. The molecule has 3 N–H and O–H groups in total. The molecule has 0 aromatic heterocycles. The SMILES string of the molecule is Cc1c(Cl)ccc2c1N(C)CC2C(O)CN. The van der Waals surface area contributed by atoms with Crippen LogP contribution in [0.4, 0.5) is 5.69 Å². The van der Waals surface area contributed by atoms with E-state index < -0.39 is 6.10 Å². The van der Waals surface area contributed by atoms with Gasteiger partial charge in [0.25, 0.3) is 0 Å². The fourth-order valence-electron chi connectivity index (χ4n) is 2.48. The number of anilines is 1. The number of hydrogen-bond acceptors (Lipinski definition) is 3. The van der Waals surface area contributed by atoms with Crippen LogP contribution in [0.5, 0.6) is 0 Å². The molecule has 3 nitrogen and oxygen atoms in total. The summed E-state index contributed by atoms with van der Waals surface area (Å²) in [6, 6.07) is 3.89. The van der Waals surface area contributed by atoms with E-state index in [1.165, 1.54) is 0 Å². The topological polar surface area (TPSA) is 49.5 Å². The lowest BCUT2D eigenvalue weighted by molar-refractivity contribution is 0.156. The second-order valence-corrected chi connectivity index (χ2v) is 4.81. The van der Waals surface area contributed by atoms with Crippen molar-refractivity contribution in [1.29, 1.82) is 0 Å². The molecule has 1 aliphatic rings. The fraction of sp³-hybridized carbons (Fsp3) is 0.500. The van der Waals surface area contributed by atoms with Gasteiger partial charge in [-0.3, -0.25) is 0 Å². The Balaban J connectivity index is 2.47. The van der Waals surface area contributed by atoms with Crippen molar-refractivity contribution in [1.82, 2.24) is 0 Å². The maximum atomic E-state index is 9.90. The van der Waals surface area contributed by atoms with Gasteiger partial charge in [-0.15, -0.1) is 0 Å². The molecule has 0 aliphatic carbocycles. The number of benzene rings is 1. The molecule has 1 aromatic carbocycles. The van der Waals surface area contributed by atoms with Gasteiger partial charge in [-0.1, -0.05) is 17.7 Å². The Kier molecular flexibility index (Phi) is 3.10. The van der Waals surface area contributed by atoms with Gasteiger partial charge in [-0.25, -0.2) is 0 Å². The van der Waals surface area contributed by atoms with Crippen LogP contribution in [0.1, 0.15) is 17.0 Å². The minimum Gasteiger partial charge on any atom is -0.391 e. The van der Waals surface area contributed by atoms with E-state index in [-0.39, 0.29) is 5.92 Å². The molecule has 0 amide bonds. The van der Waals surface area contributed by atoms with Gasteiger partial charge in [-0.05, 0) is 24.1 Å². The van der Waals surface area contributed by atoms with E-state index in [4.69, 9.17) is 17.3 Å². The average molecular weight is 241 g/mol. The van der Waals surface area contributed by atoms with Crippen molar-refractivity contribution in [3.63, 3.8) is 0 Å². The number of hydrogen-bond donors (Lipinski definition) is 2. The Bertz CT molecular complexity index is 408. The van der Waals surface area contributed by atoms with Crippen LogP contribution in [-0.2, 0) is 0 Å². The van der Waals surface area contributed by atoms with E-state index in [9.17, 15) is 5.11 Å². The first kappa shape index (κ1) is 11.7. The molecule has 2 rings (SSSR count). The summed E-state index contributed by atoms with van der Waals surface area (Å²) < 4.78 is 0. The molecule has 0 radical (unpaired) electrons. The van der Waals surface area contributed by atoms with Crippen LogP contribution < -0.4 is 10.6 Å². The lowest BCUT2D eigenvalue weighted by Gasteiger charge is -2.17. The van der Waals surface area contributed by atoms with E-state index in [1.807, 2.05) is 26.1 Å². The highest BCUT2D eigenvalue weighted by Gasteiger charge is 2.32. The summed E-state index contributed by atoms with van der Waals surface area (Å²) in [5, 5.41) is 10.7. The summed E-state index contributed by atoms with van der Waals surface area (Å²) in [5.74, 6) is 0.0981. The third-order valence-corrected chi connectivity index (χ3v) is 3.76. The smallest absolute Gasteiger partial charge is 0.0748 e. The zero-order chi connectivity index (χ0) is 11.9. The van der Waals surface area contributed by atoms with Gasteiger partial charge in [0.15, 0.2) is 0 Å². The minimum absolute atomic E-state index is 0.0981. The number of likely N-dealkylation sites (N-methyl/N-ethyl adjacent to an activating group) is 1. The van der Waals surface area contributed by atoms with Gasteiger partial charge in [0, 0.05) is 36.8 Å². The number of fused-ring (bicyclic) bond motifs is 1. The molecule has 88 valence electrons. The Morgan fingerprint density at radius 1 is 1.62 bits per heavy atom. The Morgan fingerprint density at radius 2 is 2.31 bits per heavy atom. The van der Waals surface area contributed by atoms with Gasteiger partial charge < -0.3 is 15.7 Å². The first-order valence-electron chi connectivity index (χ1n) is 5.44. The summed E-state index contributed by atoms with van der Waals surface area (Å²) in [7, 11) is 2.02. The van der Waals surface area contributed by atoms with E-state index in [0.29, 0.717) is 6.54 Å². The zero-order valence-corrected chi connectivity index (χ0v) is 10.3. The molecule has 1 heterocycles. The van der Waals surface area contributed by atoms with Gasteiger partial charge in [0.1, 0.15) is 0 Å². The third-order valence-electron chi connectivity index (χ3n) is 3.35. The van der Waals surface area contributed by atoms with Gasteiger partial charge in [-0.2, -0.15) is 0 Å². The summed E-state index contributed by atoms with van der Waals surface area (Å²) in [6.45, 7) is 3.10. The predicted octanol–water partition coefficient (Wildman–Crippen LogP) is 1.50. The zero-order valence-electron chi connectivity index (χ0n) is 9.57. The van der Waals surface area contributed by atoms with Crippen LogP contribution in [0.2, 0.25) is 5.02 Å². The fourth-order valence-corrected chi connectivity index (χ4v) is 2.63. The molecule has 1 aliphatic heterocycles. The monoisotopic (exact) mass is 240 g/mol. The van der Waals surface area contributed by atoms with Crippen molar-refractivity contribution < 1.29 is 5.11 Å². The molecular formula is C12H17ClN2O. The van der Waals surface area contributed by atoms with Crippen molar-refractivity contribution in [3.05, 3.63) is 28.3 Å². The highest BCUT2D eigenvalue weighted by molar-refractivity contribution is 6.31. The quantitative estimate of drug-likeness (QED) is 0.824. The summed E-state index contributed by atoms with van der Waals surface area (Å²) in [4.78, 5) is 2.14. The molecule has 0 spiro atoms.